The van der Waals surface area contributed by atoms with Crippen molar-refractivity contribution < 1.29 is 4.74 Å². The van der Waals surface area contributed by atoms with Gasteiger partial charge in [0.05, 0.1) is 18.4 Å². The molecule has 0 radical (unpaired) electrons. The van der Waals surface area contributed by atoms with E-state index in [4.69, 9.17) is 4.74 Å². The Kier molecular flexibility index (Phi) is 3.38. The Bertz CT molecular complexity index is 311. The Labute approximate surface area is 90.6 Å². The van der Waals surface area contributed by atoms with E-state index in [0.717, 1.165) is 13.1 Å². The molecule has 0 bridgehead atoms. The molecule has 0 amide bonds. The van der Waals surface area contributed by atoms with E-state index in [-0.39, 0.29) is 0 Å². The maximum absolute atomic E-state index is 5.72. The Balaban J connectivity index is 1.67. The normalized spacial score (nSPS) is 26.0. The summed E-state index contributed by atoms with van der Waals surface area (Å²) in [5.41, 5.74) is 1.23. The van der Waals surface area contributed by atoms with Crippen molar-refractivity contribution in [1.29, 1.82) is 0 Å². The monoisotopic (exact) mass is 209 g/mol. The molecule has 4 heteroatoms. The average Bonchev–Trinajstić information content (AvgIpc) is 2.76. The number of hydrogen-bond donors (Lipinski definition) is 1. The van der Waals surface area contributed by atoms with E-state index in [9.17, 15) is 0 Å². The highest BCUT2D eigenvalue weighted by molar-refractivity contribution is 5.02. The van der Waals surface area contributed by atoms with Crippen molar-refractivity contribution in [2.75, 3.05) is 6.54 Å². The molecular formula is C11H19N3O. The van der Waals surface area contributed by atoms with Crippen LogP contribution in [0.25, 0.3) is 0 Å². The Morgan fingerprint density at radius 2 is 2.47 bits per heavy atom. The molecule has 84 valence electrons. The van der Waals surface area contributed by atoms with E-state index < -0.39 is 0 Å². The van der Waals surface area contributed by atoms with Crippen LogP contribution < -0.4 is 5.32 Å². The second kappa shape index (κ2) is 4.77. The molecule has 1 aliphatic heterocycles. The standard InChI is InChI=1S/C11H19N3O/c1-9-3-4-11(15-9)7-12-5-10-6-13-14(2)8-10/h6,8-9,11-12H,3-5,7H2,1-2H3. The average molecular weight is 209 g/mol. The second-order valence-electron chi connectivity index (χ2n) is 4.30. The van der Waals surface area contributed by atoms with Gasteiger partial charge in [0.15, 0.2) is 0 Å². The van der Waals surface area contributed by atoms with Crippen LogP contribution in [0.3, 0.4) is 0 Å². The number of hydrogen-bond acceptors (Lipinski definition) is 3. The van der Waals surface area contributed by atoms with E-state index in [0.29, 0.717) is 12.2 Å². The summed E-state index contributed by atoms with van der Waals surface area (Å²) in [7, 11) is 1.94. The molecule has 0 spiro atoms. The Morgan fingerprint density at radius 3 is 3.07 bits per heavy atom. The third-order valence-corrected chi connectivity index (χ3v) is 2.78. The van der Waals surface area contributed by atoms with E-state index in [1.807, 2.05) is 24.1 Å². The predicted molar refractivity (Wildman–Crippen MR) is 58.5 cm³/mol. The molecule has 4 nitrogen and oxygen atoms in total. The van der Waals surface area contributed by atoms with Crippen LogP contribution in [-0.2, 0) is 18.3 Å². The molecule has 2 atom stereocenters. The zero-order valence-corrected chi connectivity index (χ0v) is 9.44. The first kappa shape index (κ1) is 10.6. The Hall–Kier alpha value is -0.870. The van der Waals surface area contributed by atoms with E-state index >= 15 is 0 Å². The highest BCUT2D eigenvalue weighted by atomic mass is 16.5. The lowest BCUT2D eigenvalue weighted by Crippen LogP contribution is -2.26. The lowest BCUT2D eigenvalue weighted by atomic mass is 10.2. The summed E-state index contributed by atoms with van der Waals surface area (Å²) in [6.45, 7) is 3.96. The molecule has 0 aliphatic carbocycles. The van der Waals surface area contributed by atoms with Gasteiger partial charge in [0.1, 0.15) is 0 Å². The van der Waals surface area contributed by atoms with Crippen LogP contribution in [0.1, 0.15) is 25.3 Å². The third kappa shape index (κ3) is 3.04. The Morgan fingerprint density at radius 1 is 1.60 bits per heavy atom. The fraction of sp³-hybridized carbons (Fsp3) is 0.727. The molecule has 0 aromatic carbocycles. The van der Waals surface area contributed by atoms with Crippen LogP contribution in [0.4, 0.5) is 0 Å². The zero-order chi connectivity index (χ0) is 10.7. The first-order chi connectivity index (χ1) is 7.24. The minimum Gasteiger partial charge on any atom is -0.374 e. The molecule has 1 N–H and O–H groups in total. The number of nitrogens with zero attached hydrogens (tertiary/aromatic N) is 2. The van der Waals surface area contributed by atoms with E-state index in [1.165, 1.54) is 18.4 Å². The summed E-state index contributed by atoms with van der Waals surface area (Å²) in [4.78, 5) is 0. The van der Waals surface area contributed by atoms with Crippen molar-refractivity contribution in [1.82, 2.24) is 15.1 Å². The molecule has 2 heterocycles. The minimum atomic E-state index is 0.400. The number of nitrogens with one attached hydrogen (secondary N) is 1. The molecule has 2 unspecified atom stereocenters. The third-order valence-electron chi connectivity index (χ3n) is 2.78. The molecule has 1 aromatic heterocycles. The van der Waals surface area contributed by atoms with Crippen molar-refractivity contribution in [2.24, 2.45) is 7.05 Å². The number of ether oxygens (including phenoxy) is 1. The van der Waals surface area contributed by atoms with Gasteiger partial charge in [-0.15, -0.1) is 0 Å². The van der Waals surface area contributed by atoms with E-state index in [1.54, 1.807) is 0 Å². The SMILES string of the molecule is CC1CCC(CNCc2cnn(C)c2)O1. The molecular weight excluding hydrogens is 190 g/mol. The number of aryl methyl sites for hydroxylation is 1. The first-order valence-electron chi connectivity index (χ1n) is 5.58. The number of aromatic nitrogens is 2. The molecule has 15 heavy (non-hydrogen) atoms. The van der Waals surface area contributed by atoms with Crippen molar-refractivity contribution >= 4 is 0 Å². The van der Waals surface area contributed by atoms with Crippen molar-refractivity contribution in [2.45, 2.75) is 38.5 Å². The summed E-state index contributed by atoms with van der Waals surface area (Å²) in [5.74, 6) is 0. The van der Waals surface area contributed by atoms with Gasteiger partial charge in [-0.25, -0.2) is 0 Å². The van der Waals surface area contributed by atoms with Crippen LogP contribution in [-0.4, -0.2) is 28.5 Å². The lowest BCUT2D eigenvalue weighted by Gasteiger charge is -2.11. The smallest absolute Gasteiger partial charge is 0.0704 e. The summed E-state index contributed by atoms with van der Waals surface area (Å²) in [6.07, 6.45) is 7.14. The summed E-state index contributed by atoms with van der Waals surface area (Å²) in [6, 6.07) is 0. The van der Waals surface area contributed by atoms with Gasteiger partial charge in [-0.05, 0) is 19.8 Å². The zero-order valence-electron chi connectivity index (χ0n) is 9.44. The van der Waals surface area contributed by atoms with Crippen LogP contribution in [0.15, 0.2) is 12.4 Å². The van der Waals surface area contributed by atoms with Gasteiger partial charge in [0, 0.05) is 31.9 Å². The van der Waals surface area contributed by atoms with Gasteiger partial charge in [0.2, 0.25) is 0 Å². The highest BCUT2D eigenvalue weighted by Gasteiger charge is 2.20. The highest BCUT2D eigenvalue weighted by Crippen LogP contribution is 2.18. The second-order valence-corrected chi connectivity index (χ2v) is 4.30. The van der Waals surface area contributed by atoms with Crippen molar-refractivity contribution in [3.63, 3.8) is 0 Å². The largest absolute Gasteiger partial charge is 0.374 e. The maximum Gasteiger partial charge on any atom is 0.0704 e. The van der Waals surface area contributed by atoms with Crippen LogP contribution in [0.2, 0.25) is 0 Å². The topological polar surface area (TPSA) is 39.1 Å². The fourth-order valence-electron chi connectivity index (χ4n) is 1.98. The minimum absolute atomic E-state index is 0.400. The van der Waals surface area contributed by atoms with Crippen molar-refractivity contribution in [3.05, 3.63) is 18.0 Å². The van der Waals surface area contributed by atoms with Crippen LogP contribution >= 0.6 is 0 Å². The van der Waals surface area contributed by atoms with Crippen LogP contribution in [0, 0.1) is 0 Å². The lowest BCUT2D eigenvalue weighted by molar-refractivity contribution is 0.0559. The molecule has 1 aliphatic rings. The maximum atomic E-state index is 5.72. The van der Waals surface area contributed by atoms with Gasteiger partial charge in [-0.1, -0.05) is 0 Å². The van der Waals surface area contributed by atoms with Gasteiger partial charge >= 0.3 is 0 Å². The molecule has 1 saturated heterocycles. The van der Waals surface area contributed by atoms with E-state index in [2.05, 4.69) is 17.3 Å². The summed E-state index contributed by atoms with van der Waals surface area (Å²) in [5, 5.41) is 7.52. The first-order valence-corrected chi connectivity index (χ1v) is 5.58. The van der Waals surface area contributed by atoms with Gasteiger partial charge in [-0.2, -0.15) is 5.10 Å². The predicted octanol–water partition coefficient (Wildman–Crippen LogP) is 1.08. The number of rotatable bonds is 4. The quantitative estimate of drug-likeness (QED) is 0.806. The molecule has 1 aromatic rings. The van der Waals surface area contributed by atoms with Gasteiger partial charge < -0.3 is 10.1 Å². The summed E-state index contributed by atoms with van der Waals surface area (Å²) < 4.78 is 7.55. The van der Waals surface area contributed by atoms with Gasteiger partial charge in [0.25, 0.3) is 0 Å². The molecule has 2 rings (SSSR count). The fourth-order valence-corrected chi connectivity index (χ4v) is 1.98. The van der Waals surface area contributed by atoms with Crippen LogP contribution in [0.5, 0.6) is 0 Å². The summed E-state index contributed by atoms with van der Waals surface area (Å²) >= 11 is 0. The molecule has 0 saturated carbocycles. The van der Waals surface area contributed by atoms with Gasteiger partial charge in [-0.3, -0.25) is 4.68 Å². The van der Waals surface area contributed by atoms with Crippen molar-refractivity contribution in [3.8, 4) is 0 Å². The molecule has 1 fully saturated rings.